The molecule has 1 aromatic heterocycles. The van der Waals surface area contributed by atoms with Crippen molar-refractivity contribution in [2.24, 2.45) is 11.7 Å². The summed E-state index contributed by atoms with van der Waals surface area (Å²) < 4.78 is 0. The maximum Gasteiger partial charge on any atom is 0.345 e. The number of nitrogens with two attached hydrogens (primary N) is 1. The van der Waals surface area contributed by atoms with E-state index in [2.05, 4.69) is 16.9 Å². The topological polar surface area (TPSA) is 71.8 Å². The van der Waals surface area contributed by atoms with Crippen LogP contribution >= 0.6 is 0 Å². The highest BCUT2D eigenvalue weighted by Crippen LogP contribution is 2.22. The summed E-state index contributed by atoms with van der Waals surface area (Å²) in [6, 6.07) is 0. The average Bonchev–Trinajstić information content (AvgIpc) is 2.65. The highest BCUT2D eigenvalue weighted by atomic mass is 16.1. The Morgan fingerprint density at radius 3 is 3.07 bits per heavy atom. The van der Waals surface area contributed by atoms with Gasteiger partial charge in [0.15, 0.2) is 0 Å². The first-order chi connectivity index (χ1) is 7.20. The van der Waals surface area contributed by atoms with Crippen LogP contribution in [0.2, 0.25) is 0 Å². The fourth-order valence-electron chi connectivity index (χ4n) is 2.13. The van der Waals surface area contributed by atoms with E-state index in [9.17, 15) is 4.79 Å². The number of hydrogen-bond donors (Lipinski definition) is 2. The van der Waals surface area contributed by atoms with Gasteiger partial charge in [0.05, 0.1) is 5.69 Å². The van der Waals surface area contributed by atoms with Crippen molar-refractivity contribution in [3.8, 4) is 0 Å². The van der Waals surface area contributed by atoms with Crippen LogP contribution in [0.25, 0.3) is 0 Å². The molecule has 1 aliphatic carbocycles. The molecule has 2 rings (SSSR count). The molecule has 1 aliphatic rings. The maximum atomic E-state index is 11.3. The summed E-state index contributed by atoms with van der Waals surface area (Å²) in [6.45, 7) is 2.73. The highest BCUT2D eigenvalue weighted by Gasteiger charge is 2.18. The fourth-order valence-corrected chi connectivity index (χ4v) is 2.13. The standard InChI is InChI=1S/C11H17N3O/c1-7(6-12)5-10-8-3-2-4-9(8)13-11(15)14-10/h7H,2-6,12H2,1H3,(H,13,14,15). The Bertz CT molecular complexity index is 411. The number of aryl methyl sites for hydroxylation is 1. The highest BCUT2D eigenvalue weighted by molar-refractivity contribution is 5.29. The van der Waals surface area contributed by atoms with Gasteiger partial charge in [-0.25, -0.2) is 4.79 Å². The molecule has 82 valence electrons. The van der Waals surface area contributed by atoms with Gasteiger partial charge in [0.2, 0.25) is 0 Å². The Morgan fingerprint density at radius 1 is 1.53 bits per heavy atom. The second kappa shape index (κ2) is 4.14. The lowest BCUT2D eigenvalue weighted by Gasteiger charge is -2.10. The molecule has 1 heterocycles. The van der Waals surface area contributed by atoms with Gasteiger partial charge in [0, 0.05) is 5.69 Å². The lowest BCUT2D eigenvalue weighted by atomic mass is 10.0. The lowest BCUT2D eigenvalue weighted by molar-refractivity contribution is 0.578. The van der Waals surface area contributed by atoms with Crippen molar-refractivity contribution in [1.29, 1.82) is 0 Å². The van der Waals surface area contributed by atoms with Crippen LogP contribution in [0, 0.1) is 5.92 Å². The Hall–Kier alpha value is -1.16. The molecule has 0 saturated carbocycles. The van der Waals surface area contributed by atoms with Crippen LogP contribution in [0.4, 0.5) is 0 Å². The summed E-state index contributed by atoms with van der Waals surface area (Å²) >= 11 is 0. The molecule has 1 unspecified atom stereocenters. The SMILES string of the molecule is CC(CN)Cc1nc(=O)[nH]c2c1CCC2. The number of nitrogens with zero attached hydrogens (tertiary/aromatic N) is 1. The quantitative estimate of drug-likeness (QED) is 0.753. The summed E-state index contributed by atoms with van der Waals surface area (Å²) in [6.07, 6.45) is 3.98. The summed E-state index contributed by atoms with van der Waals surface area (Å²) in [5.74, 6) is 0.393. The second-order valence-electron chi connectivity index (χ2n) is 4.34. The number of aromatic amines is 1. The van der Waals surface area contributed by atoms with Crippen LogP contribution in [-0.2, 0) is 19.3 Å². The number of rotatable bonds is 3. The van der Waals surface area contributed by atoms with Crippen molar-refractivity contribution in [2.45, 2.75) is 32.6 Å². The van der Waals surface area contributed by atoms with Crippen molar-refractivity contribution in [1.82, 2.24) is 9.97 Å². The molecule has 0 aromatic carbocycles. The largest absolute Gasteiger partial charge is 0.345 e. The Morgan fingerprint density at radius 2 is 2.33 bits per heavy atom. The van der Waals surface area contributed by atoms with E-state index in [0.29, 0.717) is 12.5 Å². The van der Waals surface area contributed by atoms with Crippen molar-refractivity contribution in [2.75, 3.05) is 6.54 Å². The predicted octanol–water partition coefficient (Wildman–Crippen LogP) is 0.396. The number of hydrogen-bond acceptors (Lipinski definition) is 3. The van der Waals surface area contributed by atoms with E-state index in [-0.39, 0.29) is 5.69 Å². The van der Waals surface area contributed by atoms with Crippen LogP contribution in [0.15, 0.2) is 4.79 Å². The van der Waals surface area contributed by atoms with E-state index in [0.717, 1.165) is 37.1 Å². The zero-order valence-corrected chi connectivity index (χ0v) is 9.05. The van der Waals surface area contributed by atoms with Crippen molar-refractivity contribution < 1.29 is 0 Å². The molecule has 0 amide bonds. The van der Waals surface area contributed by atoms with Crippen LogP contribution in [0.5, 0.6) is 0 Å². The van der Waals surface area contributed by atoms with Crippen LogP contribution in [-0.4, -0.2) is 16.5 Å². The minimum Gasteiger partial charge on any atom is -0.330 e. The third-order valence-corrected chi connectivity index (χ3v) is 3.00. The zero-order valence-electron chi connectivity index (χ0n) is 9.05. The summed E-state index contributed by atoms with van der Waals surface area (Å²) in [5, 5.41) is 0. The summed E-state index contributed by atoms with van der Waals surface area (Å²) in [5.41, 5.74) is 8.69. The van der Waals surface area contributed by atoms with Gasteiger partial charge < -0.3 is 10.7 Å². The van der Waals surface area contributed by atoms with Gasteiger partial charge in [-0.3, -0.25) is 0 Å². The Balaban J connectivity index is 2.34. The van der Waals surface area contributed by atoms with E-state index in [1.54, 1.807) is 0 Å². The van der Waals surface area contributed by atoms with Gasteiger partial charge in [-0.15, -0.1) is 0 Å². The molecular weight excluding hydrogens is 190 g/mol. The lowest BCUT2D eigenvalue weighted by Crippen LogP contribution is -2.21. The van der Waals surface area contributed by atoms with Crippen molar-refractivity contribution in [3.63, 3.8) is 0 Å². The third-order valence-electron chi connectivity index (χ3n) is 3.00. The molecule has 0 saturated heterocycles. The van der Waals surface area contributed by atoms with Gasteiger partial charge in [0.25, 0.3) is 0 Å². The van der Waals surface area contributed by atoms with E-state index in [4.69, 9.17) is 5.73 Å². The van der Waals surface area contributed by atoms with Gasteiger partial charge >= 0.3 is 5.69 Å². The number of H-pyrrole nitrogens is 1. The first kappa shape index (κ1) is 10.4. The summed E-state index contributed by atoms with van der Waals surface area (Å²) in [7, 11) is 0. The second-order valence-corrected chi connectivity index (χ2v) is 4.34. The van der Waals surface area contributed by atoms with Crippen LogP contribution in [0.1, 0.15) is 30.3 Å². The molecule has 1 atom stereocenters. The first-order valence-corrected chi connectivity index (χ1v) is 5.51. The molecule has 0 spiro atoms. The Labute approximate surface area is 88.9 Å². The summed E-state index contributed by atoms with van der Waals surface area (Å²) in [4.78, 5) is 18.2. The Kier molecular flexibility index (Phi) is 2.86. The average molecular weight is 207 g/mol. The number of aromatic nitrogens is 2. The van der Waals surface area contributed by atoms with Crippen molar-refractivity contribution in [3.05, 3.63) is 27.4 Å². The molecule has 4 heteroatoms. The minimum absolute atomic E-state index is 0.213. The van der Waals surface area contributed by atoms with E-state index in [1.807, 2.05) is 0 Å². The third kappa shape index (κ3) is 2.09. The molecule has 4 nitrogen and oxygen atoms in total. The predicted molar refractivity (Wildman–Crippen MR) is 58.8 cm³/mol. The monoisotopic (exact) mass is 207 g/mol. The molecule has 0 bridgehead atoms. The molecule has 0 radical (unpaired) electrons. The molecule has 15 heavy (non-hydrogen) atoms. The number of fused-ring (bicyclic) bond motifs is 1. The van der Waals surface area contributed by atoms with Gasteiger partial charge in [-0.2, -0.15) is 4.98 Å². The first-order valence-electron chi connectivity index (χ1n) is 5.51. The van der Waals surface area contributed by atoms with Crippen LogP contribution in [0.3, 0.4) is 0 Å². The zero-order chi connectivity index (χ0) is 10.8. The molecule has 0 aliphatic heterocycles. The van der Waals surface area contributed by atoms with Gasteiger partial charge in [0.1, 0.15) is 0 Å². The van der Waals surface area contributed by atoms with Crippen LogP contribution < -0.4 is 11.4 Å². The van der Waals surface area contributed by atoms with E-state index >= 15 is 0 Å². The van der Waals surface area contributed by atoms with E-state index in [1.165, 1.54) is 5.56 Å². The molecular formula is C11H17N3O. The fraction of sp³-hybridized carbons (Fsp3) is 0.636. The molecule has 0 fully saturated rings. The molecule has 1 aromatic rings. The maximum absolute atomic E-state index is 11.3. The number of nitrogens with one attached hydrogen (secondary N) is 1. The van der Waals surface area contributed by atoms with Crippen molar-refractivity contribution >= 4 is 0 Å². The smallest absolute Gasteiger partial charge is 0.330 e. The normalized spacial score (nSPS) is 16.4. The van der Waals surface area contributed by atoms with Gasteiger partial charge in [-0.05, 0) is 43.7 Å². The minimum atomic E-state index is -0.213. The molecule has 3 N–H and O–H groups in total. The van der Waals surface area contributed by atoms with E-state index < -0.39 is 0 Å². The van der Waals surface area contributed by atoms with Gasteiger partial charge in [-0.1, -0.05) is 6.92 Å².